The standard InChI is InChI=1S/C23H15BO4/c25-13-17-6-5-16-11-14(7-9-18(16)23(17)24(26)27)15-8-10-22-20(12-15)19-3-1-2-4-21(19)28-22/h1-13,26-27H. The van der Waals surface area contributed by atoms with Crippen LogP contribution in [0.2, 0.25) is 0 Å². The van der Waals surface area contributed by atoms with Gasteiger partial charge in [0.2, 0.25) is 0 Å². The number of rotatable bonds is 3. The topological polar surface area (TPSA) is 70.7 Å². The van der Waals surface area contributed by atoms with Crippen LogP contribution in [-0.4, -0.2) is 23.5 Å². The van der Waals surface area contributed by atoms with Crippen molar-refractivity contribution in [2.24, 2.45) is 0 Å². The number of aldehydes is 1. The zero-order chi connectivity index (χ0) is 19.3. The quantitative estimate of drug-likeness (QED) is 0.375. The summed E-state index contributed by atoms with van der Waals surface area (Å²) in [7, 11) is -1.71. The Morgan fingerprint density at radius 3 is 2.32 bits per heavy atom. The van der Waals surface area contributed by atoms with Gasteiger partial charge in [0.25, 0.3) is 0 Å². The van der Waals surface area contributed by atoms with Crippen LogP contribution in [0.3, 0.4) is 0 Å². The van der Waals surface area contributed by atoms with Crippen LogP contribution in [0.15, 0.2) is 77.2 Å². The Bertz CT molecular complexity index is 1370. The van der Waals surface area contributed by atoms with Gasteiger partial charge >= 0.3 is 7.12 Å². The van der Waals surface area contributed by atoms with Crippen LogP contribution >= 0.6 is 0 Å². The Morgan fingerprint density at radius 1 is 0.750 bits per heavy atom. The molecule has 0 aliphatic heterocycles. The van der Waals surface area contributed by atoms with Gasteiger partial charge in [-0.15, -0.1) is 0 Å². The first-order chi connectivity index (χ1) is 13.7. The van der Waals surface area contributed by atoms with Crippen LogP contribution in [0.5, 0.6) is 0 Å². The maximum absolute atomic E-state index is 11.2. The molecular weight excluding hydrogens is 351 g/mol. The molecule has 0 unspecified atom stereocenters. The van der Waals surface area contributed by atoms with Crippen molar-refractivity contribution < 1.29 is 19.3 Å². The van der Waals surface area contributed by atoms with Gasteiger partial charge in [-0.05, 0) is 46.2 Å². The normalized spacial score (nSPS) is 11.4. The summed E-state index contributed by atoms with van der Waals surface area (Å²) >= 11 is 0. The van der Waals surface area contributed by atoms with E-state index >= 15 is 0 Å². The summed E-state index contributed by atoms with van der Waals surface area (Å²) in [5, 5.41) is 23.0. The molecule has 4 aromatic carbocycles. The van der Waals surface area contributed by atoms with Gasteiger partial charge in [-0.1, -0.05) is 48.5 Å². The third kappa shape index (κ3) is 2.53. The summed E-state index contributed by atoms with van der Waals surface area (Å²) in [6.07, 6.45) is 0.639. The van der Waals surface area contributed by atoms with Crippen molar-refractivity contribution >= 4 is 51.6 Å². The molecule has 0 spiro atoms. The van der Waals surface area contributed by atoms with Crippen LogP contribution < -0.4 is 5.46 Å². The van der Waals surface area contributed by atoms with Gasteiger partial charge in [-0.3, -0.25) is 4.79 Å². The van der Waals surface area contributed by atoms with Gasteiger partial charge in [0, 0.05) is 21.8 Å². The first kappa shape index (κ1) is 16.7. The lowest BCUT2D eigenvalue weighted by atomic mass is 9.74. The van der Waals surface area contributed by atoms with Crippen molar-refractivity contribution in [3.05, 3.63) is 78.4 Å². The molecule has 5 rings (SSSR count). The Kier molecular flexibility index (Phi) is 3.79. The van der Waals surface area contributed by atoms with Crippen LogP contribution in [0.25, 0.3) is 43.8 Å². The van der Waals surface area contributed by atoms with E-state index in [-0.39, 0.29) is 11.0 Å². The summed E-state index contributed by atoms with van der Waals surface area (Å²) in [5.41, 5.74) is 4.24. The second kappa shape index (κ2) is 6.34. The van der Waals surface area contributed by atoms with E-state index in [4.69, 9.17) is 4.42 Å². The minimum Gasteiger partial charge on any atom is -0.456 e. The number of benzene rings is 4. The van der Waals surface area contributed by atoms with E-state index < -0.39 is 7.12 Å². The van der Waals surface area contributed by atoms with Crippen LogP contribution in [0.4, 0.5) is 0 Å². The Hall–Kier alpha value is -3.41. The fourth-order valence-electron chi connectivity index (χ4n) is 3.85. The summed E-state index contributed by atoms with van der Waals surface area (Å²) in [6.45, 7) is 0. The highest BCUT2D eigenvalue weighted by Gasteiger charge is 2.19. The maximum Gasteiger partial charge on any atom is 0.489 e. The minimum absolute atomic E-state index is 0.232. The number of fused-ring (bicyclic) bond motifs is 4. The molecule has 134 valence electrons. The number of carbonyl (C=O) groups is 1. The number of hydrogen-bond acceptors (Lipinski definition) is 4. The predicted octanol–water partition coefficient (Wildman–Crippen LogP) is 3.90. The summed E-state index contributed by atoms with van der Waals surface area (Å²) in [4.78, 5) is 11.2. The highest BCUT2D eigenvalue weighted by Crippen LogP contribution is 2.33. The van der Waals surface area contributed by atoms with Crippen LogP contribution in [-0.2, 0) is 0 Å². The van der Waals surface area contributed by atoms with Crippen molar-refractivity contribution in [3.8, 4) is 11.1 Å². The Labute approximate surface area is 160 Å². The third-order valence-electron chi connectivity index (χ3n) is 5.19. The van der Waals surface area contributed by atoms with E-state index in [0.29, 0.717) is 11.7 Å². The fraction of sp³-hybridized carbons (Fsp3) is 0. The summed E-state index contributed by atoms with van der Waals surface area (Å²) in [5.74, 6) is 0. The van der Waals surface area contributed by atoms with E-state index in [0.717, 1.165) is 38.5 Å². The first-order valence-corrected chi connectivity index (χ1v) is 8.95. The van der Waals surface area contributed by atoms with Gasteiger partial charge in [-0.2, -0.15) is 0 Å². The molecule has 0 radical (unpaired) electrons. The molecule has 0 atom stereocenters. The van der Waals surface area contributed by atoms with E-state index in [1.165, 1.54) is 0 Å². The molecule has 0 amide bonds. The smallest absolute Gasteiger partial charge is 0.456 e. The molecule has 0 saturated carbocycles. The first-order valence-electron chi connectivity index (χ1n) is 8.95. The molecule has 0 aliphatic rings. The molecule has 0 fully saturated rings. The van der Waals surface area contributed by atoms with E-state index in [9.17, 15) is 14.8 Å². The van der Waals surface area contributed by atoms with Gasteiger partial charge in [0.05, 0.1) is 0 Å². The number of para-hydroxylation sites is 1. The third-order valence-corrected chi connectivity index (χ3v) is 5.19. The lowest BCUT2D eigenvalue weighted by Gasteiger charge is -2.10. The van der Waals surface area contributed by atoms with E-state index in [1.54, 1.807) is 6.07 Å². The summed E-state index contributed by atoms with van der Waals surface area (Å²) < 4.78 is 5.89. The molecular formula is C23H15BO4. The molecule has 5 aromatic rings. The zero-order valence-corrected chi connectivity index (χ0v) is 14.8. The lowest BCUT2D eigenvalue weighted by Crippen LogP contribution is -2.33. The Morgan fingerprint density at radius 2 is 1.50 bits per heavy atom. The lowest BCUT2D eigenvalue weighted by molar-refractivity contribution is 0.112. The van der Waals surface area contributed by atoms with Crippen molar-refractivity contribution in [1.82, 2.24) is 0 Å². The zero-order valence-electron chi connectivity index (χ0n) is 14.8. The molecule has 5 heteroatoms. The largest absolute Gasteiger partial charge is 0.489 e. The molecule has 1 aromatic heterocycles. The molecule has 1 heterocycles. The average Bonchev–Trinajstić information content (AvgIpc) is 3.10. The number of furan rings is 1. The van der Waals surface area contributed by atoms with Gasteiger partial charge in [0.1, 0.15) is 17.5 Å². The van der Waals surface area contributed by atoms with Crippen LogP contribution in [0, 0.1) is 0 Å². The molecule has 4 nitrogen and oxygen atoms in total. The highest BCUT2D eigenvalue weighted by atomic mass is 16.4. The van der Waals surface area contributed by atoms with Crippen molar-refractivity contribution in [2.45, 2.75) is 0 Å². The van der Waals surface area contributed by atoms with E-state index in [2.05, 4.69) is 6.07 Å². The van der Waals surface area contributed by atoms with Crippen molar-refractivity contribution in [3.63, 3.8) is 0 Å². The molecule has 28 heavy (non-hydrogen) atoms. The molecule has 0 saturated heterocycles. The van der Waals surface area contributed by atoms with Gasteiger partial charge < -0.3 is 14.5 Å². The maximum atomic E-state index is 11.2. The highest BCUT2D eigenvalue weighted by molar-refractivity contribution is 6.63. The summed E-state index contributed by atoms with van der Waals surface area (Å²) in [6, 6.07) is 23.2. The molecule has 2 N–H and O–H groups in total. The molecule has 0 aliphatic carbocycles. The van der Waals surface area contributed by atoms with Crippen molar-refractivity contribution in [1.29, 1.82) is 0 Å². The minimum atomic E-state index is -1.71. The number of carbonyl (C=O) groups excluding carboxylic acids is 1. The van der Waals surface area contributed by atoms with Crippen molar-refractivity contribution in [2.75, 3.05) is 0 Å². The fourth-order valence-corrected chi connectivity index (χ4v) is 3.85. The number of hydrogen-bond donors (Lipinski definition) is 2. The van der Waals surface area contributed by atoms with Gasteiger partial charge in [0.15, 0.2) is 0 Å². The SMILES string of the molecule is O=Cc1ccc2cc(-c3ccc4oc5ccccc5c4c3)ccc2c1B(O)O. The second-order valence-corrected chi connectivity index (χ2v) is 6.81. The predicted molar refractivity (Wildman–Crippen MR) is 112 cm³/mol. The van der Waals surface area contributed by atoms with E-state index in [1.807, 2.05) is 60.7 Å². The average molecular weight is 366 g/mol. The monoisotopic (exact) mass is 366 g/mol. The second-order valence-electron chi connectivity index (χ2n) is 6.81. The molecule has 0 bridgehead atoms. The van der Waals surface area contributed by atoms with Crippen LogP contribution in [0.1, 0.15) is 10.4 Å². The Balaban J connectivity index is 1.70. The van der Waals surface area contributed by atoms with Gasteiger partial charge in [-0.25, -0.2) is 0 Å².